The summed E-state index contributed by atoms with van der Waals surface area (Å²) in [5, 5.41) is 12.5. The molecule has 2 heterocycles. The van der Waals surface area contributed by atoms with Crippen molar-refractivity contribution in [3.05, 3.63) is 59.9 Å². The summed E-state index contributed by atoms with van der Waals surface area (Å²) in [5.74, 6) is -0.848. The highest BCUT2D eigenvalue weighted by Crippen LogP contribution is 2.48. The molecule has 2 aromatic carbocycles. The van der Waals surface area contributed by atoms with Gasteiger partial charge in [0.15, 0.2) is 0 Å². The van der Waals surface area contributed by atoms with Crippen molar-refractivity contribution in [2.75, 3.05) is 37.1 Å². The van der Waals surface area contributed by atoms with E-state index in [0.717, 1.165) is 11.3 Å². The van der Waals surface area contributed by atoms with Crippen LogP contribution < -0.4 is 10.2 Å². The van der Waals surface area contributed by atoms with Crippen molar-refractivity contribution in [1.82, 2.24) is 4.90 Å². The quantitative estimate of drug-likeness (QED) is 0.826. The molecule has 1 fully saturated rings. The molecule has 8 heteroatoms. The van der Waals surface area contributed by atoms with Gasteiger partial charge in [-0.2, -0.15) is 0 Å². The van der Waals surface area contributed by atoms with Crippen LogP contribution in [0.15, 0.2) is 48.5 Å². The van der Waals surface area contributed by atoms with E-state index in [4.69, 9.17) is 4.74 Å². The summed E-state index contributed by atoms with van der Waals surface area (Å²) >= 11 is 0. The second-order valence-electron chi connectivity index (χ2n) is 7.16. The maximum Gasteiger partial charge on any atom is 0.322 e. The Morgan fingerprint density at radius 3 is 2.66 bits per heavy atom. The number of hydrogen-bond acceptors (Lipinski definition) is 4. The van der Waals surface area contributed by atoms with Crippen molar-refractivity contribution in [3.63, 3.8) is 0 Å². The molecule has 152 valence electrons. The normalized spacial score (nSPS) is 22.4. The van der Waals surface area contributed by atoms with E-state index in [2.05, 4.69) is 5.32 Å². The molecular weight excluding hydrogens is 377 g/mol. The minimum absolute atomic E-state index is 0.0705. The first-order valence-electron chi connectivity index (χ1n) is 9.39. The molecule has 29 heavy (non-hydrogen) atoms. The monoisotopic (exact) mass is 399 g/mol. The minimum atomic E-state index is -0.538. The summed E-state index contributed by atoms with van der Waals surface area (Å²) in [6.07, 6.45) is 0. The standard InChI is InChI=1S/C21H22FN3O4/c1-29-12-19(27)24-10-17-20(13-6-2-5-9-16(13)24)18(11-26)25(17)21(28)23-15-8-4-3-7-14(15)22/h2-9,17-18,20,26H,10-12H2,1H3,(H,23,28)/t17-,18-,20+/m1/s1. The first kappa shape index (κ1) is 19.4. The molecule has 7 nitrogen and oxygen atoms in total. The van der Waals surface area contributed by atoms with Gasteiger partial charge < -0.3 is 25.0 Å². The van der Waals surface area contributed by atoms with Crippen LogP contribution in [0.5, 0.6) is 0 Å². The maximum atomic E-state index is 13.9. The van der Waals surface area contributed by atoms with E-state index in [1.165, 1.54) is 24.1 Å². The third kappa shape index (κ3) is 3.24. The van der Waals surface area contributed by atoms with Gasteiger partial charge in [-0.05, 0) is 23.8 Å². The Labute approximate surface area is 167 Å². The third-order valence-corrected chi connectivity index (χ3v) is 5.61. The number of carbonyl (C=O) groups excluding carboxylic acids is 2. The van der Waals surface area contributed by atoms with Crippen molar-refractivity contribution >= 4 is 23.3 Å². The van der Waals surface area contributed by atoms with Crippen LogP contribution in [0.25, 0.3) is 0 Å². The Balaban J connectivity index is 1.63. The molecule has 4 rings (SSSR count). The number of methoxy groups -OCH3 is 1. The highest BCUT2D eigenvalue weighted by atomic mass is 19.1. The van der Waals surface area contributed by atoms with Crippen molar-refractivity contribution in [2.45, 2.75) is 18.0 Å². The van der Waals surface area contributed by atoms with Crippen LogP contribution in [-0.4, -0.2) is 60.9 Å². The number of rotatable bonds is 4. The average molecular weight is 399 g/mol. The molecule has 0 radical (unpaired) electrons. The first-order chi connectivity index (χ1) is 14.1. The number of anilines is 2. The van der Waals surface area contributed by atoms with Gasteiger partial charge in [0, 0.05) is 25.3 Å². The van der Waals surface area contributed by atoms with E-state index in [1.54, 1.807) is 17.0 Å². The zero-order valence-corrected chi connectivity index (χ0v) is 15.9. The summed E-state index contributed by atoms with van der Waals surface area (Å²) in [6, 6.07) is 12.1. The molecule has 0 aromatic heterocycles. The fourth-order valence-corrected chi connectivity index (χ4v) is 4.35. The molecular formula is C21H22FN3O4. The van der Waals surface area contributed by atoms with Gasteiger partial charge in [-0.25, -0.2) is 9.18 Å². The predicted octanol–water partition coefficient (Wildman–Crippen LogP) is 2.18. The molecule has 0 aliphatic carbocycles. The summed E-state index contributed by atoms with van der Waals surface area (Å²) in [4.78, 5) is 28.6. The van der Waals surface area contributed by atoms with Crippen LogP contribution in [0, 0.1) is 5.82 Å². The van der Waals surface area contributed by atoms with Crippen molar-refractivity contribution < 1.29 is 23.8 Å². The summed E-state index contributed by atoms with van der Waals surface area (Å²) in [5.41, 5.74) is 1.74. The third-order valence-electron chi connectivity index (χ3n) is 5.61. The Bertz CT molecular complexity index is 938. The van der Waals surface area contributed by atoms with Crippen molar-refractivity contribution in [1.29, 1.82) is 0 Å². The highest BCUT2D eigenvalue weighted by Gasteiger charge is 2.55. The molecule has 1 saturated heterocycles. The Morgan fingerprint density at radius 2 is 1.93 bits per heavy atom. The van der Waals surface area contributed by atoms with Crippen LogP contribution in [0.3, 0.4) is 0 Å². The number of urea groups is 1. The van der Waals surface area contributed by atoms with Gasteiger partial charge in [0.1, 0.15) is 12.4 Å². The number of benzene rings is 2. The predicted molar refractivity (Wildman–Crippen MR) is 105 cm³/mol. The lowest BCUT2D eigenvalue weighted by Gasteiger charge is -2.58. The lowest BCUT2D eigenvalue weighted by atomic mass is 9.72. The number of amides is 3. The van der Waals surface area contributed by atoms with Crippen LogP contribution in [0.4, 0.5) is 20.6 Å². The van der Waals surface area contributed by atoms with Gasteiger partial charge in [-0.3, -0.25) is 4.79 Å². The number of ether oxygens (including phenoxy) is 1. The van der Waals surface area contributed by atoms with Gasteiger partial charge in [-0.1, -0.05) is 30.3 Å². The van der Waals surface area contributed by atoms with Crippen molar-refractivity contribution in [3.8, 4) is 0 Å². The lowest BCUT2D eigenvalue weighted by molar-refractivity contribution is -0.123. The van der Waals surface area contributed by atoms with E-state index in [0.29, 0.717) is 0 Å². The summed E-state index contributed by atoms with van der Waals surface area (Å²) < 4.78 is 18.9. The lowest BCUT2D eigenvalue weighted by Crippen LogP contribution is -2.71. The van der Waals surface area contributed by atoms with E-state index in [-0.39, 0.29) is 43.3 Å². The zero-order chi connectivity index (χ0) is 20.5. The molecule has 2 aliphatic heterocycles. The molecule has 3 atom stereocenters. The smallest absolute Gasteiger partial charge is 0.322 e. The molecule has 0 spiro atoms. The fourth-order valence-electron chi connectivity index (χ4n) is 4.35. The van der Waals surface area contributed by atoms with Gasteiger partial charge in [0.2, 0.25) is 0 Å². The van der Waals surface area contributed by atoms with Crippen LogP contribution in [0.2, 0.25) is 0 Å². The molecule has 0 saturated carbocycles. The topological polar surface area (TPSA) is 82.1 Å². The highest BCUT2D eigenvalue weighted by molar-refractivity contribution is 5.97. The Morgan fingerprint density at radius 1 is 1.21 bits per heavy atom. The Kier molecular flexibility index (Phi) is 5.21. The maximum absolute atomic E-state index is 13.9. The number of fused-ring (bicyclic) bond motifs is 3. The zero-order valence-electron chi connectivity index (χ0n) is 15.9. The number of para-hydroxylation sites is 2. The molecule has 2 aromatic rings. The number of aliphatic hydroxyl groups is 1. The largest absolute Gasteiger partial charge is 0.394 e. The second kappa shape index (κ2) is 7.81. The average Bonchev–Trinajstić information content (AvgIpc) is 2.70. The molecule has 2 aliphatic rings. The van der Waals surface area contributed by atoms with Crippen LogP contribution >= 0.6 is 0 Å². The van der Waals surface area contributed by atoms with E-state index >= 15 is 0 Å². The number of nitrogens with zero attached hydrogens (tertiary/aromatic N) is 2. The van der Waals surface area contributed by atoms with Crippen LogP contribution in [-0.2, 0) is 9.53 Å². The van der Waals surface area contributed by atoms with Gasteiger partial charge in [-0.15, -0.1) is 0 Å². The molecule has 0 bridgehead atoms. The number of likely N-dealkylation sites (tertiary alicyclic amines) is 1. The second-order valence-corrected chi connectivity index (χ2v) is 7.16. The number of nitrogens with one attached hydrogen (secondary N) is 1. The SMILES string of the molecule is COCC(=O)N1C[C@@H]2[C@H](c3ccccc31)[C@@H](CO)N2C(=O)Nc1ccccc1F. The summed E-state index contributed by atoms with van der Waals surface area (Å²) in [6.45, 7) is -0.0200. The minimum Gasteiger partial charge on any atom is -0.394 e. The fraction of sp³-hybridized carbons (Fsp3) is 0.333. The molecule has 3 amide bonds. The number of aliphatic hydroxyl groups excluding tert-OH is 1. The van der Waals surface area contributed by atoms with Crippen molar-refractivity contribution in [2.24, 2.45) is 0 Å². The number of carbonyl (C=O) groups is 2. The van der Waals surface area contributed by atoms with E-state index in [1.807, 2.05) is 24.3 Å². The van der Waals surface area contributed by atoms with Gasteiger partial charge in [0.05, 0.1) is 24.4 Å². The molecule has 2 N–H and O–H groups in total. The summed E-state index contributed by atoms with van der Waals surface area (Å²) in [7, 11) is 1.45. The van der Waals surface area contributed by atoms with E-state index in [9.17, 15) is 19.1 Å². The van der Waals surface area contributed by atoms with Crippen LogP contribution in [0.1, 0.15) is 11.5 Å². The Hall–Kier alpha value is -2.97. The van der Waals surface area contributed by atoms with E-state index < -0.39 is 17.9 Å². The first-order valence-corrected chi connectivity index (χ1v) is 9.39. The van der Waals surface area contributed by atoms with Gasteiger partial charge >= 0.3 is 6.03 Å². The van der Waals surface area contributed by atoms with Gasteiger partial charge in [0.25, 0.3) is 5.91 Å². The molecule has 0 unspecified atom stereocenters. The number of halogens is 1. The number of hydrogen-bond donors (Lipinski definition) is 2.